The molecule has 7 nitrogen and oxygen atoms in total. The Kier molecular flexibility index (Phi) is 2.94. The fourth-order valence-corrected chi connectivity index (χ4v) is 1.93. The van der Waals surface area contributed by atoms with E-state index in [9.17, 15) is 9.90 Å². The molecule has 0 saturated carbocycles. The van der Waals surface area contributed by atoms with Gasteiger partial charge in [-0.15, -0.1) is 0 Å². The third kappa shape index (κ3) is 2.03. The predicted octanol–water partition coefficient (Wildman–Crippen LogP) is 1.91. The van der Waals surface area contributed by atoms with Gasteiger partial charge in [-0.2, -0.15) is 0 Å². The fraction of sp³-hybridized carbons (Fsp3) is 0.231. The number of hydrogen-bond acceptors (Lipinski definition) is 6. The highest BCUT2D eigenvalue weighted by Gasteiger charge is 2.21. The molecule has 1 aromatic carbocycles. The molecule has 0 radical (unpaired) electrons. The molecule has 20 heavy (non-hydrogen) atoms. The van der Waals surface area contributed by atoms with Crippen molar-refractivity contribution in [2.75, 3.05) is 13.2 Å². The summed E-state index contributed by atoms with van der Waals surface area (Å²) < 4.78 is 15.6. The number of fused-ring (bicyclic) bond motifs is 1. The Balaban J connectivity index is 2.05. The molecule has 0 aliphatic carbocycles. The number of nitrogens with zero attached hydrogens (tertiary/aromatic N) is 1. The number of benzene rings is 1. The van der Waals surface area contributed by atoms with Crippen LogP contribution in [0.2, 0.25) is 0 Å². The second kappa shape index (κ2) is 4.76. The number of carbonyl (C=O) groups is 1. The largest absolute Gasteiger partial charge is 0.504 e. The lowest BCUT2D eigenvalue weighted by Gasteiger charge is -2.11. The van der Waals surface area contributed by atoms with E-state index >= 15 is 0 Å². The Morgan fingerprint density at radius 2 is 2.05 bits per heavy atom. The van der Waals surface area contributed by atoms with Gasteiger partial charge in [-0.1, -0.05) is 5.16 Å². The number of ether oxygens (including phenoxy) is 2. The van der Waals surface area contributed by atoms with Crippen molar-refractivity contribution in [1.82, 2.24) is 5.16 Å². The number of rotatable bonds is 2. The van der Waals surface area contributed by atoms with E-state index in [0.29, 0.717) is 24.5 Å². The smallest absolute Gasteiger partial charge is 0.374 e. The van der Waals surface area contributed by atoms with Gasteiger partial charge >= 0.3 is 5.97 Å². The number of aromatic nitrogens is 1. The van der Waals surface area contributed by atoms with Crippen molar-refractivity contribution < 1.29 is 29.0 Å². The van der Waals surface area contributed by atoms with E-state index in [4.69, 9.17) is 14.6 Å². The van der Waals surface area contributed by atoms with Gasteiger partial charge in [-0.05, 0) is 12.1 Å². The van der Waals surface area contributed by atoms with Crippen molar-refractivity contribution in [3.63, 3.8) is 0 Å². The van der Waals surface area contributed by atoms with Crippen LogP contribution in [0.5, 0.6) is 17.2 Å². The summed E-state index contributed by atoms with van der Waals surface area (Å²) in [6, 6.07) is 4.46. The van der Waals surface area contributed by atoms with Crippen molar-refractivity contribution in [2.24, 2.45) is 0 Å². The van der Waals surface area contributed by atoms with Crippen LogP contribution in [-0.4, -0.2) is 34.6 Å². The van der Waals surface area contributed by atoms with Gasteiger partial charge in [0.05, 0.1) is 13.2 Å². The van der Waals surface area contributed by atoms with Gasteiger partial charge in [-0.3, -0.25) is 0 Å². The zero-order valence-corrected chi connectivity index (χ0v) is 10.3. The number of aromatic hydroxyl groups is 1. The zero-order chi connectivity index (χ0) is 14.1. The van der Waals surface area contributed by atoms with Crippen molar-refractivity contribution >= 4 is 5.97 Å². The van der Waals surface area contributed by atoms with Gasteiger partial charge in [0.2, 0.25) is 11.5 Å². The number of carboxylic acids is 1. The van der Waals surface area contributed by atoms with Crippen molar-refractivity contribution in [3.8, 4) is 28.5 Å². The van der Waals surface area contributed by atoms with Gasteiger partial charge in [0.1, 0.15) is 5.69 Å². The average molecular weight is 277 g/mol. The molecule has 1 aliphatic rings. The first kappa shape index (κ1) is 12.3. The molecule has 0 atom stereocenters. The summed E-state index contributed by atoms with van der Waals surface area (Å²) in [5, 5.41) is 22.7. The lowest BCUT2D eigenvalue weighted by molar-refractivity contribution is 0.0652. The Morgan fingerprint density at radius 1 is 1.25 bits per heavy atom. The molecule has 7 heteroatoms. The zero-order valence-electron chi connectivity index (χ0n) is 10.3. The third-order valence-electron chi connectivity index (χ3n) is 2.88. The molecule has 1 aliphatic heterocycles. The van der Waals surface area contributed by atoms with Crippen LogP contribution in [0.4, 0.5) is 0 Å². The second-order valence-corrected chi connectivity index (χ2v) is 4.22. The van der Waals surface area contributed by atoms with Crippen LogP contribution in [0.3, 0.4) is 0 Å². The highest BCUT2D eigenvalue weighted by Crippen LogP contribution is 2.44. The van der Waals surface area contributed by atoms with Crippen molar-refractivity contribution in [2.45, 2.75) is 6.42 Å². The maximum atomic E-state index is 10.8. The number of phenolic OH excluding ortho intramolecular Hbond substituents is 1. The number of hydrogen-bond donors (Lipinski definition) is 2. The van der Waals surface area contributed by atoms with E-state index in [1.807, 2.05) is 0 Å². The maximum Gasteiger partial charge on any atom is 0.374 e. The van der Waals surface area contributed by atoms with E-state index in [1.165, 1.54) is 6.07 Å². The van der Waals surface area contributed by atoms with E-state index in [2.05, 4.69) is 9.68 Å². The molecule has 0 unspecified atom stereocenters. The number of carboxylic acid groups (broad SMARTS) is 1. The van der Waals surface area contributed by atoms with Gasteiger partial charge in [0.15, 0.2) is 11.5 Å². The van der Waals surface area contributed by atoms with Crippen LogP contribution in [0, 0.1) is 0 Å². The summed E-state index contributed by atoms with van der Waals surface area (Å²) in [7, 11) is 0. The summed E-state index contributed by atoms with van der Waals surface area (Å²) in [6.45, 7) is 0.947. The molecule has 104 valence electrons. The number of phenols is 1. The molecular weight excluding hydrogens is 266 g/mol. The van der Waals surface area contributed by atoms with E-state index in [0.717, 1.165) is 6.42 Å². The van der Waals surface area contributed by atoms with E-state index in [1.54, 1.807) is 12.1 Å². The van der Waals surface area contributed by atoms with Gasteiger partial charge in [-0.25, -0.2) is 4.79 Å². The minimum Gasteiger partial charge on any atom is -0.504 e. The molecular formula is C13H11NO6. The van der Waals surface area contributed by atoms with Gasteiger partial charge < -0.3 is 24.2 Å². The summed E-state index contributed by atoms with van der Waals surface area (Å²) in [6.07, 6.45) is 0.719. The molecule has 0 fully saturated rings. The second-order valence-electron chi connectivity index (χ2n) is 4.22. The first-order valence-electron chi connectivity index (χ1n) is 5.99. The highest BCUT2D eigenvalue weighted by molar-refractivity contribution is 5.86. The molecule has 0 amide bonds. The first-order valence-corrected chi connectivity index (χ1v) is 5.99. The van der Waals surface area contributed by atoms with Crippen molar-refractivity contribution in [1.29, 1.82) is 0 Å². The Morgan fingerprint density at radius 3 is 2.80 bits per heavy atom. The van der Waals surface area contributed by atoms with Crippen LogP contribution in [0.15, 0.2) is 22.7 Å². The van der Waals surface area contributed by atoms with Crippen molar-refractivity contribution in [3.05, 3.63) is 24.0 Å². The Hall–Kier alpha value is -2.70. The van der Waals surface area contributed by atoms with E-state index in [-0.39, 0.29) is 23.0 Å². The molecule has 2 aromatic rings. The topological polar surface area (TPSA) is 102 Å². The summed E-state index contributed by atoms with van der Waals surface area (Å²) in [5.41, 5.74) is 0.543. The normalized spacial score (nSPS) is 13.8. The molecule has 0 bridgehead atoms. The van der Waals surface area contributed by atoms with E-state index < -0.39 is 5.97 Å². The standard InChI is InChI=1S/C13H11NO6/c15-11-7(8-6-10(13(16)17)20-14-8)2-3-9-12(11)19-5-1-4-18-9/h2-3,6,15H,1,4-5H2,(H,16,17). The van der Waals surface area contributed by atoms with Crippen LogP contribution in [-0.2, 0) is 0 Å². The summed E-state index contributed by atoms with van der Waals surface area (Å²) in [5.74, 6) is -0.982. The maximum absolute atomic E-state index is 10.8. The predicted molar refractivity (Wildman–Crippen MR) is 66.2 cm³/mol. The fourth-order valence-electron chi connectivity index (χ4n) is 1.93. The monoisotopic (exact) mass is 277 g/mol. The van der Waals surface area contributed by atoms with Crippen LogP contribution >= 0.6 is 0 Å². The third-order valence-corrected chi connectivity index (χ3v) is 2.88. The minimum absolute atomic E-state index is 0.144. The lowest BCUT2D eigenvalue weighted by atomic mass is 10.1. The van der Waals surface area contributed by atoms with Crippen LogP contribution in [0.1, 0.15) is 17.0 Å². The quantitative estimate of drug-likeness (QED) is 0.864. The highest BCUT2D eigenvalue weighted by atomic mass is 16.5. The molecule has 3 rings (SSSR count). The molecule has 1 aromatic heterocycles. The Labute approximate surface area is 113 Å². The molecule has 2 heterocycles. The molecule has 0 spiro atoms. The lowest BCUT2D eigenvalue weighted by Crippen LogP contribution is -1.97. The Bertz CT molecular complexity index is 663. The molecule has 0 saturated heterocycles. The van der Waals surface area contributed by atoms with Gasteiger partial charge in [0.25, 0.3) is 0 Å². The number of aromatic carboxylic acids is 1. The van der Waals surface area contributed by atoms with Crippen LogP contribution < -0.4 is 9.47 Å². The minimum atomic E-state index is -1.22. The summed E-state index contributed by atoms with van der Waals surface area (Å²) in [4.78, 5) is 10.8. The molecule has 2 N–H and O–H groups in total. The van der Waals surface area contributed by atoms with Gasteiger partial charge in [0, 0.05) is 18.1 Å². The summed E-state index contributed by atoms with van der Waals surface area (Å²) >= 11 is 0. The SMILES string of the molecule is O=C(O)c1cc(-c2ccc3c(c2O)OCCCO3)no1. The first-order chi connectivity index (χ1) is 9.66. The van der Waals surface area contributed by atoms with Crippen LogP contribution in [0.25, 0.3) is 11.3 Å². The average Bonchev–Trinajstić information content (AvgIpc) is 2.78.